The zero-order valence-corrected chi connectivity index (χ0v) is 9.25. The average molecular weight is 232 g/mol. The van der Waals surface area contributed by atoms with Crippen LogP contribution in [0.15, 0.2) is 47.5 Å². The fraction of sp³-hybridized carbons (Fsp3) is 0.0833. The summed E-state index contributed by atoms with van der Waals surface area (Å²) in [4.78, 5) is 26.5. The first-order valence-corrected chi connectivity index (χ1v) is 4.89. The number of carboxylic acids is 1. The van der Waals surface area contributed by atoms with Gasteiger partial charge >= 0.3 is 0 Å². The van der Waals surface area contributed by atoms with Crippen molar-refractivity contribution >= 4 is 5.97 Å². The number of aromatic nitrogens is 2. The molecule has 5 nitrogen and oxygen atoms in total. The fourth-order valence-corrected chi connectivity index (χ4v) is 1.14. The molecule has 5 heteroatoms. The lowest BCUT2D eigenvalue weighted by Crippen LogP contribution is -2.05. The first kappa shape index (κ1) is 12.6. The molecule has 17 heavy (non-hydrogen) atoms. The molecule has 0 spiro atoms. The van der Waals surface area contributed by atoms with E-state index < -0.39 is 5.97 Å². The Morgan fingerprint density at radius 1 is 1.24 bits per heavy atom. The van der Waals surface area contributed by atoms with Crippen LogP contribution in [-0.4, -0.2) is 21.0 Å². The molecule has 0 aliphatic carbocycles. The molecule has 1 heterocycles. The summed E-state index contributed by atoms with van der Waals surface area (Å²) < 4.78 is 0. The minimum Gasteiger partial charge on any atom is -0.481 e. The number of aliphatic carboxylic acids is 1. The number of H-pyrrole nitrogens is 1. The maximum atomic E-state index is 10.9. The van der Waals surface area contributed by atoms with Gasteiger partial charge in [-0.25, -0.2) is 0 Å². The maximum absolute atomic E-state index is 10.9. The molecule has 0 bridgehead atoms. The normalized spacial score (nSPS) is 9.00. The molecule has 0 saturated carbocycles. The number of rotatable bonds is 1. The Morgan fingerprint density at radius 3 is 2.35 bits per heavy atom. The molecular weight excluding hydrogens is 220 g/mol. The van der Waals surface area contributed by atoms with E-state index in [0.29, 0.717) is 0 Å². The van der Waals surface area contributed by atoms with Crippen LogP contribution in [0.1, 0.15) is 6.92 Å². The summed E-state index contributed by atoms with van der Waals surface area (Å²) in [6, 6.07) is 9.61. The summed E-state index contributed by atoms with van der Waals surface area (Å²) in [7, 11) is 0. The fourth-order valence-electron chi connectivity index (χ4n) is 1.14. The van der Waals surface area contributed by atoms with Crippen molar-refractivity contribution in [2.75, 3.05) is 0 Å². The number of carboxylic acid groups (broad SMARTS) is 1. The van der Waals surface area contributed by atoms with Crippen LogP contribution in [0.5, 0.6) is 0 Å². The van der Waals surface area contributed by atoms with Crippen molar-refractivity contribution in [2.24, 2.45) is 0 Å². The third-order valence-electron chi connectivity index (χ3n) is 1.74. The van der Waals surface area contributed by atoms with Crippen LogP contribution >= 0.6 is 0 Å². The van der Waals surface area contributed by atoms with Crippen molar-refractivity contribution in [2.45, 2.75) is 6.92 Å². The van der Waals surface area contributed by atoms with E-state index in [-0.39, 0.29) is 5.56 Å². The maximum Gasteiger partial charge on any atom is 0.300 e. The highest BCUT2D eigenvalue weighted by Crippen LogP contribution is 2.12. The molecule has 0 saturated heterocycles. The quantitative estimate of drug-likeness (QED) is 0.781. The van der Waals surface area contributed by atoms with Gasteiger partial charge in [-0.2, -0.15) is 0 Å². The van der Waals surface area contributed by atoms with E-state index in [1.165, 1.54) is 6.20 Å². The molecule has 1 aromatic heterocycles. The average Bonchev–Trinajstić information content (AvgIpc) is 2.29. The number of benzene rings is 1. The van der Waals surface area contributed by atoms with Crippen molar-refractivity contribution < 1.29 is 9.90 Å². The molecular formula is C12H12N2O3. The molecule has 0 atom stereocenters. The van der Waals surface area contributed by atoms with Gasteiger partial charge in [0.2, 0.25) is 0 Å². The van der Waals surface area contributed by atoms with Crippen LogP contribution in [0.4, 0.5) is 0 Å². The Kier molecular flexibility index (Phi) is 4.62. The summed E-state index contributed by atoms with van der Waals surface area (Å²) in [5.41, 5.74) is 1.53. The molecule has 2 N–H and O–H groups in total. The summed E-state index contributed by atoms with van der Waals surface area (Å²) in [5.74, 6) is -0.833. The van der Waals surface area contributed by atoms with E-state index in [1.807, 2.05) is 30.3 Å². The third kappa shape index (κ3) is 4.74. The number of aromatic amines is 1. The molecule has 0 aliphatic heterocycles. The van der Waals surface area contributed by atoms with E-state index in [1.54, 1.807) is 6.20 Å². The second kappa shape index (κ2) is 6.22. The molecule has 0 fully saturated rings. The molecule has 0 unspecified atom stereocenters. The minimum absolute atomic E-state index is 0.179. The monoisotopic (exact) mass is 232 g/mol. The molecule has 0 aliphatic rings. The van der Waals surface area contributed by atoms with E-state index in [2.05, 4.69) is 9.97 Å². The highest BCUT2D eigenvalue weighted by Gasteiger charge is 1.95. The van der Waals surface area contributed by atoms with Crippen molar-refractivity contribution in [3.05, 3.63) is 53.1 Å². The lowest BCUT2D eigenvalue weighted by atomic mass is 10.2. The highest BCUT2D eigenvalue weighted by molar-refractivity contribution is 5.63. The van der Waals surface area contributed by atoms with Gasteiger partial charge in [0.25, 0.3) is 11.5 Å². The first-order chi connectivity index (χ1) is 8.09. The van der Waals surface area contributed by atoms with Gasteiger partial charge in [-0.1, -0.05) is 30.3 Å². The summed E-state index contributed by atoms with van der Waals surface area (Å²) in [5, 5.41) is 7.42. The van der Waals surface area contributed by atoms with Gasteiger partial charge < -0.3 is 10.1 Å². The Hall–Kier alpha value is -2.43. The molecule has 1 aromatic carbocycles. The Labute approximate surface area is 97.8 Å². The van der Waals surface area contributed by atoms with Gasteiger partial charge in [0.1, 0.15) is 0 Å². The van der Waals surface area contributed by atoms with E-state index in [9.17, 15) is 4.79 Å². The Balaban J connectivity index is 0.000000317. The topological polar surface area (TPSA) is 83.0 Å². The number of nitrogens with one attached hydrogen (secondary N) is 1. The van der Waals surface area contributed by atoms with Gasteiger partial charge in [-0.05, 0) is 5.56 Å². The van der Waals surface area contributed by atoms with E-state index >= 15 is 0 Å². The van der Waals surface area contributed by atoms with Gasteiger partial charge in [-0.15, -0.1) is 0 Å². The molecule has 2 aromatic rings. The summed E-state index contributed by atoms with van der Waals surface area (Å²) >= 11 is 0. The van der Waals surface area contributed by atoms with E-state index in [0.717, 1.165) is 18.2 Å². The van der Waals surface area contributed by atoms with Gasteiger partial charge in [0.15, 0.2) is 0 Å². The smallest absolute Gasteiger partial charge is 0.300 e. The highest BCUT2D eigenvalue weighted by atomic mass is 16.4. The first-order valence-electron chi connectivity index (χ1n) is 4.89. The Morgan fingerprint density at radius 2 is 1.82 bits per heavy atom. The number of carbonyl (C=O) groups is 1. The Bertz CT molecular complexity index is 531. The van der Waals surface area contributed by atoms with Gasteiger partial charge in [0.05, 0.1) is 18.1 Å². The van der Waals surface area contributed by atoms with Crippen LogP contribution in [0.3, 0.4) is 0 Å². The SMILES string of the molecule is CC(=O)O.O=c1cncc(-c2ccccc2)[nH]1. The predicted molar refractivity (Wildman–Crippen MR) is 63.6 cm³/mol. The van der Waals surface area contributed by atoms with Crippen LogP contribution in [0, 0.1) is 0 Å². The van der Waals surface area contributed by atoms with Crippen molar-refractivity contribution in [3.63, 3.8) is 0 Å². The number of nitrogens with zero attached hydrogens (tertiary/aromatic N) is 1. The van der Waals surface area contributed by atoms with Gasteiger partial charge in [0, 0.05) is 6.92 Å². The second-order valence-electron chi connectivity index (χ2n) is 3.20. The largest absolute Gasteiger partial charge is 0.481 e. The van der Waals surface area contributed by atoms with Crippen LogP contribution in [0.2, 0.25) is 0 Å². The van der Waals surface area contributed by atoms with Crippen LogP contribution < -0.4 is 5.56 Å². The van der Waals surface area contributed by atoms with Crippen molar-refractivity contribution in [1.29, 1.82) is 0 Å². The molecule has 0 radical (unpaired) electrons. The zero-order chi connectivity index (χ0) is 12.7. The number of hydrogen-bond donors (Lipinski definition) is 2. The summed E-state index contributed by atoms with van der Waals surface area (Å²) in [6.07, 6.45) is 2.89. The third-order valence-corrected chi connectivity index (χ3v) is 1.74. The standard InChI is InChI=1S/C10H8N2O.C2H4O2/c13-10-7-11-6-9(12-10)8-4-2-1-3-5-8;1-2(3)4/h1-7H,(H,12,13);1H3,(H,3,4). The van der Waals surface area contributed by atoms with Crippen LogP contribution in [-0.2, 0) is 4.79 Å². The van der Waals surface area contributed by atoms with Gasteiger partial charge in [-0.3, -0.25) is 14.6 Å². The lowest BCUT2D eigenvalue weighted by Gasteiger charge is -1.98. The number of hydrogen-bond acceptors (Lipinski definition) is 3. The second-order valence-corrected chi connectivity index (χ2v) is 3.20. The predicted octanol–water partition coefficient (Wildman–Crippen LogP) is 1.53. The minimum atomic E-state index is -0.833. The van der Waals surface area contributed by atoms with Crippen molar-refractivity contribution in [1.82, 2.24) is 9.97 Å². The zero-order valence-electron chi connectivity index (χ0n) is 9.25. The molecule has 88 valence electrons. The summed E-state index contributed by atoms with van der Waals surface area (Å²) in [6.45, 7) is 1.08. The van der Waals surface area contributed by atoms with Crippen LogP contribution in [0.25, 0.3) is 11.3 Å². The molecule has 0 amide bonds. The lowest BCUT2D eigenvalue weighted by molar-refractivity contribution is -0.134. The van der Waals surface area contributed by atoms with E-state index in [4.69, 9.17) is 9.90 Å². The molecule has 2 rings (SSSR count). The van der Waals surface area contributed by atoms with Crippen molar-refractivity contribution in [3.8, 4) is 11.3 Å².